The van der Waals surface area contributed by atoms with Gasteiger partial charge in [-0.15, -0.1) is 0 Å². The van der Waals surface area contributed by atoms with Gasteiger partial charge in [-0.25, -0.2) is 0 Å². The van der Waals surface area contributed by atoms with Crippen LogP contribution in [0, 0.1) is 27.1 Å². The van der Waals surface area contributed by atoms with E-state index in [4.69, 9.17) is 80.5 Å². The van der Waals surface area contributed by atoms with Gasteiger partial charge in [0.15, 0.2) is 23.0 Å². The van der Waals surface area contributed by atoms with Crippen LogP contribution in [0.4, 0.5) is 0 Å². The van der Waals surface area contributed by atoms with Crippen LogP contribution in [0.3, 0.4) is 0 Å². The molecule has 4 aromatic rings. The standard InChI is InChI=1S/C18H26O6.C17H24O5.C17H24O4.C16H22O4.C9H16O3.2CH4/c1-6-18(2,3)17(19)24-9-12-7-14(20-4)16(15(8-12)21-5)23-11-13-10-22-13;1-5-17(2,3)16(18)22-9-12-6-7-14(15(8-12)19-4)21-11-13-10-20-13;1-4-17(2,3)16(18)19-10-9-13-5-7-14(8-6-13)20-11-15-12-21-15;1-4-16(2,3)15(17)20-9-12-5-7-13(8-6-12)18-10-14-11-19-14;1-4-9(2,3)8(10)12-6-7-5-11-7;;/h7-8,13H,6,9-11H2,1-5H3;6-8,13H,5,9-11H2,1-4H3;5-8,15H,4,9-12H2,1-3H3;5-8,14H,4,9-11H2,1-3H3;7H,4-6H2,1-3H3;2*1H4. The monoisotopic (exact) mass is 1420 g/mol. The lowest BCUT2D eigenvalue weighted by Crippen LogP contribution is -2.27. The van der Waals surface area contributed by atoms with Crippen molar-refractivity contribution >= 4 is 29.8 Å². The highest BCUT2D eigenvalue weighted by Gasteiger charge is 2.34. The van der Waals surface area contributed by atoms with Gasteiger partial charge < -0.3 is 80.5 Å². The molecule has 9 rings (SSSR count). The molecule has 5 heterocycles. The topological polar surface area (TPSA) is 259 Å². The summed E-state index contributed by atoms with van der Waals surface area (Å²) in [5, 5.41) is 0. The number of ether oxygens (including phenoxy) is 17. The molecule has 22 nitrogen and oxygen atoms in total. The smallest absolute Gasteiger partial charge is 0.311 e. The number of epoxide rings is 5. The summed E-state index contributed by atoms with van der Waals surface area (Å²) in [5.41, 5.74) is 1.60. The van der Waals surface area contributed by atoms with Crippen LogP contribution in [0.1, 0.15) is 173 Å². The number of esters is 5. The molecular weight excluding hydrogens is 1300 g/mol. The van der Waals surface area contributed by atoms with Crippen molar-refractivity contribution in [1.82, 2.24) is 0 Å². The highest BCUT2D eigenvalue weighted by atomic mass is 16.6. The van der Waals surface area contributed by atoms with Crippen LogP contribution in [0.5, 0.6) is 40.2 Å². The molecule has 0 N–H and O–H groups in total. The molecule has 0 bridgehead atoms. The zero-order chi connectivity index (χ0) is 73.0. The number of carbonyl (C=O) groups excluding carboxylic acids is 5. The van der Waals surface area contributed by atoms with Crippen LogP contribution >= 0.6 is 0 Å². The molecule has 5 fully saturated rings. The average Bonchev–Trinajstić information content (AvgIpc) is 0.957. The number of carbonyl (C=O) groups is 5. The molecular formula is C79H120O22. The van der Waals surface area contributed by atoms with Crippen LogP contribution < -0.4 is 33.2 Å². The van der Waals surface area contributed by atoms with E-state index in [1.165, 1.54) is 0 Å². The molecule has 0 spiro atoms. The zero-order valence-corrected chi connectivity index (χ0v) is 62.0. The summed E-state index contributed by atoms with van der Waals surface area (Å²) in [5.74, 6) is 3.72. The Morgan fingerprint density at radius 1 is 0.347 bits per heavy atom. The third-order valence-corrected chi connectivity index (χ3v) is 17.6. The molecule has 4 aromatic carbocycles. The lowest BCUT2D eigenvalue weighted by Gasteiger charge is -2.21. The van der Waals surface area contributed by atoms with Crippen LogP contribution in [0.15, 0.2) is 78.9 Å². The van der Waals surface area contributed by atoms with E-state index < -0.39 is 21.7 Å². The summed E-state index contributed by atoms with van der Waals surface area (Å²) in [4.78, 5) is 59.1. The summed E-state index contributed by atoms with van der Waals surface area (Å²) < 4.78 is 90.5. The first kappa shape index (κ1) is 87.8. The quantitative estimate of drug-likeness (QED) is 0.0233. The predicted octanol–water partition coefficient (Wildman–Crippen LogP) is 14.5. The Balaban J connectivity index is 0.000000331. The molecule has 5 aliphatic rings. The van der Waals surface area contributed by atoms with E-state index in [1.54, 1.807) is 33.5 Å². The van der Waals surface area contributed by atoms with Crippen molar-refractivity contribution in [2.24, 2.45) is 27.1 Å². The highest BCUT2D eigenvalue weighted by molar-refractivity contribution is 5.77. The summed E-state index contributed by atoms with van der Waals surface area (Å²) in [7, 11) is 4.71. The molecule has 568 valence electrons. The lowest BCUT2D eigenvalue weighted by atomic mass is 9.91. The molecule has 0 aromatic heterocycles. The molecule has 5 unspecified atom stereocenters. The number of benzene rings is 4. The minimum Gasteiger partial charge on any atom is -0.493 e. The van der Waals surface area contributed by atoms with E-state index in [2.05, 4.69) is 0 Å². The highest BCUT2D eigenvalue weighted by Crippen LogP contribution is 2.40. The first-order valence-corrected chi connectivity index (χ1v) is 34.5. The van der Waals surface area contributed by atoms with Crippen molar-refractivity contribution < 1.29 is 104 Å². The van der Waals surface area contributed by atoms with Gasteiger partial charge in [-0.2, -0.15) is 0 Å². The average molecular weight is 1420 g/mol. The number of hydrogen-bond donors (Lipinski definition) is 0. The first-order valence-electron chi connectivity index (χ1n) is 34.5. The Hall–Kier alpha value is -7.37. The third kappa shape index (κ3) is 32.2. The van der Waals surface area contributed by atoms with Gasteiger partial charge in [0, 0.05) is 6.42 Å². The Kier molecular flexibility index (Phi) is 36.8. The van der Waals surface area contributed by atoms with E-state index in [1.807, 2.05) is 171 Å². The molecule has 0 saturated carbocycles. The third-order valence-electron chi connectivity index (χ3n) is 17.6. The SMILES string of the molecule is C.C.CCC(C)(C)C(=O)OCC1CO1.CCC(C)(C)C(=O)OCCc1ccc(OCC2CO2)cc1.CCC(C)(C)C(=O)OCc1cc(OC)c(OCC2CO2)c(OC)c1.CCC(C)(C)C(=O)OCc1ccc(OCC2CO2)c(OC)c1.CCC(C)(C)C(=O)OCc1ccc(OCC2CO2)cc1. The summed E-state index contributed by atoms with van der Waals surface area (Å²) in [6.45, 7) is 36.3. The first-order chi connectivity index (χ1) is 46.9. The van der Waals surface area contributed by atoms with Gasteiger partial charge in [0.2, 0.25) is 5.75 Å². The predicted molar refractivity (Wildman–Crippen MR) is 385 cm³/mol. The number of rotatable bonds is 36. The summed E-state index contributed by atoms with van der Waals surface area (Å²) in [6, 6.07) is 24.6. The molecule has 5 atom stereocenters. The number of hydrogen-bond acceptors (Lipinski definition) is 22. The van der Waals surface area contributed by atoms with Gasteiger partial charge in [-0.05, 0) is 172 Å². The van der Waals surface area contributed by atoms with Crippen LogP contribution in [-0.2, 0) is 97.6 Å². The summed E-state index contributed by atoms with van der Waals surface area (Å²) in [6.07, 6.45) is 5.55. The van der Waals surface area contributed by atoms with Gasteiger partial charge in [-0.3, -0.25) is 24.0 Å². The van der Waals surface area contributed by atoms with E-state index in [0.29, 0.717) is 88.0 Å². The fourth-order valence-corrected chi connectivity index (χ4v) is 7.65. The number of methoxy groups -OCH3 is 3. The van der Waals surface area contributed by atoms with Crippen molar-refractivity contribution in [2.75, 3.05) is 94.0 Å². The Labute approximate surface area is 601 Å². The van der Waals surface area contributed by atoms with Crippen LogP contribution in [0.25, 0.3) is 0 Å². The maximum atomic E-state index is 12.1. The Morgan fingerprint density at radius 3 is 1.01 bits per heavy atom. The molecule has 101 heavy (non-hydrogen) atoms. The van der Waals surface area contributed by atoms with Crippen molar-refractivity contribution in [3.05, 3.63) is 101 Å². The van der Waals surface area contributed by atoms with Gasteiger partial charge in [0.1, 0.15) is 94.9 Å². The molecule has 0 aliphatic carbocycles. The van der Waals surface area contributed by atoms with E-state index in [0.717, 1.165) is 92.3 Å². The second-order valence-electron chi connectivity index (χ2n) is 28.0. The minimum absolute atomic E-state index is 0. The van der Waals surface area contributed by atoms with Crippen LogP contribution in [-0.4, -0.2) is 154 Å². The van der Waals surface area contributed by atoms with Crippen molar-refractivity contribution in [3.63, 3.8) is 0 Å². The largest absolute Gasteiger partial charge is 0.493 e. The normalized spacial score (nSPS) is 17.3. The van der Waals surface area contributed by atoms with Gasteiger partial charge in [0.25, 0.3) is 0 Å². The van der Waals surface area contributed by atoms with Crippen molar-refractivity contribution in [1.29, 1.82) is 0 Å². The molecule has 0 radical (unpaired) electrons. The zero-order valence-electron chi connectivity index (χ0n) is 62.0. The maximum Gasteiger partial charge on any atom is 0.311 e. The van der Waals surface area contributed by atoms with Gasteiger partial charge in [0.05, 0.1) is 88.0 Å². The van der Waals surface area contributed by atoms with Crippen molar-refractivity contribution in [2.45, 2.75) is 208 Å². The Bertz CT molecular complexity index is 3090. The second kappa shape index (κ2) is 42.3. The molecule has 5 saturated heterocycles. The second-order valence-corrected chi connectivity index (χ2v) is 28.0. The maximum absolute atomic E-state index is 12.1. The van der Waals surface area contributed by atoms with Gasteiger partial charge in [-0.1, -0.05) is 79.8 Å². The Morgan fingerprint density at radius 2 is 0.644 bits per heavy atom. The minimum atomic E-state index is -0.499. The van der Waals surface area contributed by atoms with E-state index >= 15 is 0 Å². The van der Waals surface area contributed by atoms with E-state index in [9.17, 15) is 24.0 Å². The van der Waals surface area contributed by atoms with Gasteiger partial charge >= 0.3 is 29.8 Å². The fourth-order valence-electron chi connectivity index (χ4n) is 7.65. The lowest BCUT2D eigenvalue weighted by molar-refractivity contribution is -0.156. The van der Waals surface area contributed by atoms with Crippen LogP contribution in [0.2, 0.25) is 0 Å². The molecule has 22 heteroatoms. The molecule has 5 aliphatic heterocycles. The van der Waals surface area contributed by atoms with E-state index in [-0.39, 0.29) is 93.8 Å². The fraction of sp³-hybridized carbons (Fsp3) is 0.633. The van der Waals surface area contributed by atoms with Crippen molar-refractivity contribution in [3.8, 4) is 40.2 Å². The molecule has 0 amide bonds. The summed E-state index contributed by atoms with van der Waals surface area (Å²) >= 11 is 0.